The van der Waals surface area contributed by atoms with Crippen molar-refractivity contribution >= 4 is 23.1 Å². The molecule has 27 heavy (non-hydrogen) atoms. The maximum atomic E-state index is 12.1. The van der Waals surface area contributed by atoms with Crippen LogP contribution in [-0.4, -0.2) is 30.0 Å². The van der Waals surface area contributed by atoms with E-state index in [1.165, 1.54) is 16.9 Å². The lowest BCUT2D eigenvalue weighted by Crippen LogP contribution is -2.22. The highest BCUT2D eigenvalue weighted by Crippen LogP contribution is 2.23. The fourth-order valence-electron chi connectivity index (χ4n) is 2.57. The molecule has 1 aromatic carbocycles. The van der Waals surface area contributed by atoms with Gasteiger partial charge in [-0.3, -0.25) is 4.79 Å². The number of nitrogens with zero attached hydrogens (tertiary/aromatic N) is 2. The Morgan fingerprint density at radius 2 is 2.00 bits per heavy atom. The second kappa shape index (κ2) is 9.28. The van der Waals surface area contributed by atoms with Gasteiger partial charge in [-0.1, -0.05) is 19.9 Å². The summed E-state index contributed by atoms with van der Waals surface area (Å²) in [6.45, 7) is 7.20. The summed E-state index contributed by atoms with van der Waals surface area (Å²) in [5.41, 5.74) is 3.05. The number of hydrogen-bond acceptors (Lipinski definition) is 7. The second-order valence-electron chi connectivity index (χ2n) is 6.48. The number of ether oxygens (including phenoxy) is 2. The molecule has 2 aromatic rings. The van der Waals surface area contributed by atoms with Crippen LogP contribution in [0, 0.1) is 25.2 Å². The number of aryl methyl sites for hydroxylation is 2. The fourth-order valence-corrected chi connectivity index (χ4v) is 3.44. The first-order valence-corrected chi connectivity index (χ1v) is 9.43. The van der Waals surface area contributed by atoms with Gasteiger partial charge in [-0.05, 0) is 43.0 Å². The van der Waals surface area contributed by atoms with Gasteiger partial charge in [0.25, 0.3) is 0 Å². The lowest BCUT2D eigenvalue weighted by Gasteiger charge is -2.12. The van der Waals surface area contributed by atoms with Crippen molar-refractivity contribution in [2.45, 2.75) is 39.5 Å². The maximum absolute atomic E-state index is 12.1. The van der Waals surface area contributed by atoms with Crippen molar-refractivity contribution in [3.63, 3.8) is 0 Å². The van der Waals surface area contributed by atoms with Crippen LogP contribution in [0.2, 0.25) is 0 Å². The van der Waals surface area contributed by atoms with E-state index in [2.05, 4.69) is 18.8 Å². The summed E-state index contributed by atoms with van der Waals surface area (Å²) in [5.74, 6) is -1.22. The predicted octanol–water partition coefficient (Wildman–Crippen LogP) is 3.68. The van der Waals surface area contributed by atoms with Crippen molar-refractivity contribution in [3.05, 3.63) is 45.4 Å². The molecule has 142 valence electrons. The Bertz CT molecular complexity index is 867. The number of esters is 1. The van der Waals surface area contributed by atoms with E-state index in [-0.39, 0.29) is 6.61 Å². The summed E-state index contributed by atoms with van der Waals surface area (Å²) < 4.78 is 10.4. The molecular formula is C20H22N2O4S. The Kier molecular flexibility index (Phi) is 7.08. The van der Waals surface area contributed by atoms with E-state index in [0.717, 1.165) is 11.3 Å². The van der Waals surface area contributed by atoms with Gasteiger partial charge >= 0.3 is 5.97 Å². The standard InChI is InChI=1S/C20H22N2O4S/c1-12(2)16-6-5-15(7-13(16)3)25-10-19(24)26-9-18(23)17(8-21)20-22-14(4)11-27-20/h5-7,11-12,17H,9-10H2,1-4H3/t17-/m0/s1. The van der Waals surface area contributed by atoms with E-state index >= 15 is 0 Å². The molecule has 6 nitrogen and oxygen atoms in total. The summed E-state index contributed by atoms with van der Waals surface area (Å²) >= 11 is 1.24. The number of carbonyl (C=O) groups excluding carboxylic acids is 2. The van der Waals surface area contributed by atoms with Crippen LogP contribution < -0.4 is 4.74 Å². The normalized spacial score (nSPS) is 11.7. The highest BCUT2D eigenvalue weighted by molar-refractivity contribution is 7.09. The highest BCUT2D eigenvalue weighted by atomic mass is 32.1. The van der Waals surface area contributed by atoms with Gasteiger partial charge < -0.3 is 9.47 Å². The van der Waals surface area contributed by atoms with Crippen molar-refractivity contribution in [3.8, 4) is 11.8 Å². The number of thiazole rings is 1. The number of nitriles is 1. The third-order valence-electron chi connectivity index (χ3n) is 3.93. The molecular weight excluding hydrogens is 364 g/mol. The Morgan fingerprint density at radius 3 is 2.56 bits per heavy atom. The third-order valence-corrected chi connectivity index (χ3v) is 4.96. The van der Waals surface area contributed by atoms with Crippen LogP contribution in [0.3, 0.4) is 0 Å². The van der Waals surface area contributed by atoms with Crippen molar-refractivity contribution in [2.75, 3.05) is 13.2 Å². The number of Topliss-reactive ketones (excluding diaryl/α,β-unsaturated/α-hetero) is 1. The molecule has 1 atom stereocenters. The molecule has 7 heteroatoms. The zero-order valence-electron chi connectivity index (χ0n) is 15.8. The number of rotatable bonds is 8. The molecule has 0 radical (unpaired) electrons. The Morgan fingerprint density at radius 1 is 1.26 bits per heavy atom. The van der Waals surface area contributed by atoms with E-state index in [0.29, 0.717) is 16.7 Å². The molecule has 0 amide bonds. The number of benzene rings is 1. The summed E-state index contributed by atoms with van der Waals surface area (Å²) in [6.07, 6.45) is 0. The van der Waals surface area contributed by atoms with Crippen LogP contribution in [0.15, 0.2) is 23.6 Å². The Balaban J connectivity index is 1.84. The van der Waals surface area contributed by atoms with Crippen LogP contribution in [0.5, 0.6) is 5.75 Å². The minimum absolute atomic E-state index is 0.304. The molecule has 2 rings (SSSR count). The zero-order valence-corrected chi connectivity index (χ0v) is 16.6. The van der Waals surface area contributed by atoms with Crippen LogP contribution in [-0.2, 0) is 14.3 Å². The van der Waals surface area contributed by atoms with E-state index in [4.69, 9.17) is 9.47 Å². The average molecular weight is 386 g/mol. The molecule has 0 N–H and O–H groups in total. The first-order valence-electron chi connectivity index (χ1n) is 8.55. The molecule has 0 unspecified atom stereocenters. The fraction of sp³-hybridized carbons (Fsp3) is 0.400. The minimum Gasteiger partial charge on any atom is -0.482 e. The molecule has 1 heterocycles. The Labute approximate surface area is 162 Å². The third kappa shape index (κ3) is 5.63. The molecule has 0 aliphatic rings. The van der Waals surface area contributed by atoms with Gasteiger partial charge in [0.15, 0.2) is 24.9 Å². The molecule has 1 aromatic heterocycles. The number of ketones is 1. The monoisotopic (exact) mass is 386 g/mol. The van der Waals surface area contributed by atoms with Gasteiger partial charge in [-0.15, -0.1) is 11.3 Å². The van der Waals surface area contributed by atoms with Crippen molar-refractivity contribution < 1.29 is 19.1 Å². The Hall–Kier alpha value is -2.72. The SMILES string of the molecule is Cc1csc([C@@H](C#N)C(=O)COC(=O)COc2ccc(C(C)C)c(C)c2)n1. The summed E-state index contributed by atoms with van der Waals surface area (Å²) in [5, 5.41) is 11.4. The van der Waals surface area contributed by atoms with E-state index in [1.807, 2.05) is 25.1 Å². The topological polar surface area (TPSA) is 89.3 Å². The van der Waals surface area contributed by atoms with Crippen molar-refractivity contribution in [1.82, 2.24) is 4.98 Å². The second-order valence-corrected chi connectivity index (χ2v) is 7.37. The maximum Gasteiger partial charge on any atom is 0.344 e. The van der Waals surface area contributed by atoms with E-state index in [9.17, 15) is 14.9 Å². The van der Waals surface area contributed by atoms with Crippen LogP contribution in [0.25, 0.3) is 0 Å². The first kappa shape index (κ1) is 20.6. The predicted molar refractivity (Wildman–Crippen MR) is 102 cm³/mol. The molecule has 0 bridgehead atoms. The largest absolute Gasteiger partial charge is 0.482 e. The molecule has 0 saturated carbocycles. The lowest BCUT2D eigenvalue weighted by molar-refractivity contribution is -0.150. The first-order chi connectivity index (χ1) is 12.8. The molecule has 0 saturated heterocycles. The van der Waals surface area contributed by atoms with Gasteiger partial charge in [0.05, 0.1) is 6.07 Å². The minimum atomic E-state index is -1.02. The number of carbonyl (C=O) groups is 2. The molecule has 0 fully saturated rings. The molecule has 0 aliphatic heterocycles. The lowest BCUT2D eigenvalue weighted by atomic mass is 9.98. The van der Waals surface area contributed by atoms with Crippen molar-refractivity contribution in [2.24, 2.45) is 0 Å². The zero-order chi connectivity index (χ0) is 20.0. The smallest absolute Gasteiger partial charge is 0.344 e. The number of aromatic nitrogens is 1. The quantitative estimate of drug-likeness (QED) is 0.643. The summed E-state index contributed by atoms with van der Waals surface area (Å²) in [6, 6.07) is 7.55. The summed E-state index contributed by atoms with van der Waals surface area (Å²) in [4.78, 5) is 28.1. The average Bonchev–Trinajstić information content (AvgIpc) is 3.04. The molecule has 0 aliphatic carbocycles. The van der Waals surface area contributed by atoms with Gasteiger partial charge in [0, 0.05) is 11.1 Å². The van der Waals surface area contributed by atoms with Crippen LogP contribution in [0.4, 0.5) is 0 Å². The van der Waals surface area contributed by atoms with Crippen molar-refractivity contribution in [1.29, 1.82) is 5.26 Å². The van der Waals surface area contributed by atoms with Gasteiger partial charge in [0.1, 0.15) is 10.8 Å². The van der Waals surface area contributed by atoms with Crippen LogP contribution in [0.1, 0.15) is 47.5 Å². The summed E-state index contributed by atoms with van der Waals surface area (Å²) in [7, 11) is 0. The number of hydrogen-bond donors (Lipinski definition) is 0. The molecule has 0 spiro atoms. The van der Waals surface area contributed by atoms with E-state index in [1.54, 1.807) is 18.4 Å². The van der Waals surface area contributed by atoms with Gasteiger partial charge in [-0.25, -0.2) is 9.78 Å². The van der Waals surface area contributed by atoms with Gasteiger partial charge in [-0.2, -0.15) is 5.26 Å². The van der Waals surface area contributed by atoms with Crippen LogP contribution >= 0.6 is 11.3 Å². The van der Waals surface area contributed by atoms with E-state index < -0.39 is 24.3 Å². The van der Waals surface area contributed by atoms with Gasteiger partial charge in [0.2, 0.25) is 0 Å². The highest BCUT2D eigenvalue weighted by Gasteiger charge is 2.24.